The van der Waals surface area contributed by atoms with E-state index in [4.69, 9.17) is 53.8 Å². The van der Waals surface area contributed by atoms with Crippen molar-refractivity contribution >= 4 is 76.0 Å². The predicted molar refractivity (Wildman–Crippen MR) is 417 cm³/mol. The number of ether oxygens (including phenoxy) is 4. The largest absolute Gasteiger partial charge is 0.457 e. The molecule has 106 heavy (non-hydrogen) atoms. The Labute approximate surface area is 649 Å². The van der Waals surface area contributed by atoms with Crippen molar-refractivity contribution in [3.8, 4) is 0 Å². The standard InChI is InChI=1S/2C28H39ClO6.C22H31ClO4.3C3H8/c2*1-6-22(32)34-15-21(31)28(35-23(33)7-2)16(3)12-18-24-19(29)13-17-10-8-9-11-26(17,4)25(24)20(30)14-27(18,28)5;1-12-8-14-18-15(23)9-13-6-4-5-7-20(13,2)19(18)16(25)10-21(14,3)22(12,27)17(26)11-24;3*1-3-2/h2*9-11,16,18-20,24-25,30H,6-8,12-15H2,1-5H3;5-7,12,14-16,18-19,24-25,27H,4,8-11H2,1-3H3;3*3H2,1-2H3/t2*16-,18+,19-,20+,24-,25+,26+,27+,28+;12-,14+,15-,16+,18-,19+,20+,21+,22+;;;/m111.../s1. The van der Waals surface area contributed by atoms with Crippen LogP contribution in [0.1, 0.15) is 254 Å². The molecule has 0 aliphatic heterocycles. The molecule has 12 aliphatic carbocycles. The number of carbonyl (C=O) groups is 7. The zero-order chi connectivity index (χ0) is 79.4. The summed E-state index contributed by atoms with van der Waals surface area (Å²) in [6.07, 6.45) is 30.0. The SMILES string of the molecule is CCC.CCC.CCC.CCC(=O)OCC(=O)[C@@]1(OC(=O)CC)[C@H](C)C[C@H]2[C@H]3[C@H]([C@@H](O)C[C@@]21C)[C@@]1(C)C=CCC=C1C[C@H]3Cl.CCC(=O)OCC(=O)[C@@]1(OC(=O)CC)[C@H](C)C[C@H]2[C@H]3[C@H]([C@@H](O)C[C@@]21C)[C@@]1(C)C=CCC=C1C[C@H]3Cl.C[C@@H]1C[C@H]2[C@H]3[C@H]([C@@H](O)C[C@]2(C)[C@@]1(O)C(=O)CO)[C@@]1(C)C=CCC=C1C[C@H]3Cl. The Morgan fingerprint density at radius 3 is 0.991 bits per heavy atom. The molecule has 0 saturated heterocycles. The van der Waals surface area contributed by atoms with Crippen molar-refractivity contribution in [2.45, 2.75) is 305 Å². The number of aliphatic hydroxyl groups is 5. The van der Waals surface area contributed by atoms with E-state index in [1.807, 2.05) is 41.5 Å². The number of hydrogen-bond acceptors (Lipinski definition) is 16. The van der Waals surface area contributed by atoms with Crippen LogP contribution >= 0.6 is 34.8 Å². The topological polar surface area (TPSA) is 258 Å². The van der Waals surface area contributed by atoms with Gasteiger partial charge in [-0.05, 0) is 118 Å². The summed E-state index contributed by atoms with van der Waals surface area (Å²) in [7, 11) is 0. The van der Waals surface area contributed by atoms with Crippen molar-refractivity contribution in [3.63, 3.8) is 0 Å². The van der Waals surface area contributed by atoms with Crippen LogP contribution in [0.2, 0.25) is 0 Å². The zero-order valence-electron chi connectivity index (χ0n) is 67.5. The fraction of sp³-hybridized carbons (Fsp3) is 0.782. The predicted octanol–water partition coefficient (Wildman–Crippen LogP) is 16.6. The third kappa shape index (κ3) is 15.2. The van der Waals surface area contributed by atoms with Gasteiger partial charge in [-0.1, -0.05) is 222 Å². The number of fused-ring (bicyclic) bond motifs is 15. The van der Waals surface area contributed by atoms with Gasteiger partial charge >= 0.3 is 23.9 Å². The van der Waals surface area contributed by atoms with E-state index in [1.54, 1.807) is 27.7 Å². The Morgan fingerprint density at radius 1 is 0.434 bits per heavy atom. The monoisotopic (exact) mass is 1540 g/mol. The molecule has 0 unspecified atom stereocenters. The van der Waals surface area contributed by atoms with Gasteiger partial charge in [0.1, 0.15) is 12.2 Å². The van der Waals surface area contributed by atoms with E-state index in [0.717, 1.165) is 38.5 Å². The average molecular weight is 1540 g/mol. The van der Waals surface area contributed by atoms with Gasteiger partial charge in [-0.2, -0.15) is 0 Å². The Bertz CT molecular complexity index is 3200. The highest BCUT2D eigenvalue weighted by atomic mass is 35.5. The highest BCUT2D eigenvalue weighted by Crippen LogP contribution is 2.73. The molecular formula is C87H133Cl3O16. The molecule has 598 valence electrons. The second kappa shape index (κ2) is 35.4. The van der Waals surface area contributed by atoms with Crippen LogP contribution in [-0.4, -0.2) is 138 Å². The number of ketones is 3. The van der Waals surface area contributed by atoms with Gasteiger partial charge in [0.05, 0.1) is 18.3 Å². The molecule has 0 bridgehead atoms. The Balaban J connectivity index is 0.000000211. The van der Waals surface area contributed by atoms with Crippen molar-refractivity contribution in [2.24, 2.45) is 104 Å². The first kappa shape index (κ1) is 89.2. The molecule has 19 heteroatoms. The quantitative estimate of drug-likeness (QED) is 0.0469. The number of esters is 4. The van der Waals surface area contributed by atoms with Crippen LogP contribution in [0.15, 0.2) is 71.4 Å². The second-order valence-electron chi connectivity index (χ2n) is 34.7. The van der Waals surface area contributed by atoms with Crippen LogP contribution in [0.4, 0.5) is 0 Å². The molecule has 5 N–H and O–H groups in total. The highest BCUT2D eigenvalue weighted by Gasteiger charge is 2.77. The molecule has 12 aliphatic rings. The maximum absolute atomic E-state index is 13.9. The molecule has 0 radical (unpaired) electrons. The van der Waals surface area contributed by atoms with E-state index in [1.165, 1.54) is 36.0 Å². The smallest absolute Gasteiger partial charge is 0.306 e. The molecule has 0 spiro atoms. The number of Topliss-reactive ketones (excluding diaryl/α,β-unsaturated/α-hetero) is 3. The number of aliphatic hydroxyl groups excluding tert-OH is 4. The van der Waals surface area contributed by atoms with E-state index in [2.05, 4.69) is 117 Å². The lowest BCUT2D eigenvalue weighted by molar-refractivity contribution is -0.205. The average Bonchev–Trinajstić information content (AvgIpc) is 1.49. The molecule has 0 aromatic rings. The maximum atomic E-state index is 13.9. The van der Waals surface area contributed by atoms with Crippen LogP contribution in [0, 0.1) is 104 Å². The van der Waals surface area contributed by atoms with E-state index in [9.17, 15) is 59.1 Å². The molecule has 27 atom stereocenters. The summed E-state index contributed by atoms with van der Waals surface area (Å²) in [6.45, 7) is 36.1. The summed E-state index contributed by atoms with van der Waals surface area (Å²) in [6, 6.07) is 0. The third-order valence-electron chi connectivity index (χ3n) is 28.1. The first-order chi connectivity index (χ1) is 49.8. The summed E-state index contributed by atoms with van der Waals surface area (Å²) in [5.74, 6) is -4.40. The fourth-order valence-electron chi connectivity index (χ4n) is 23.8. The van der Waals surface area contributed by atoms with E-state index < -0.39 is 112 Å². The highest BCUT2D eigenvalue weighted by molar-refractivity contribution is 6.21. The normalized spacial score (nSPS) is 43.3. The van der Waals surface area contributed by atoms with Crippen LogP contribution in [0.5, 0.6) is 0 Å². The van der Waals surface area contributed by atoms with Crippen LogP contribution < -0.4 is 0 Å². The van der Waals surface area contributed by atoms with Crippen LogP contribution in [-0.2, 0) is 52.5 Å². The second-order valence-corrected chi connectivity index (χ2v) is 36.4. The van der Waals surface area contributed by atoms with Gasteiger partial charge in [0.15, 0.2) is 30.2 Å². The molecule has 9 fully saturated rings. The number of alkyl halides is 3. The van der Waals surface area contributed by atoms with E-state index in [0.29, 0.717) is 38.5 Å². The van der Waals surface area contributed by atoms with E-state index >= 15 is 0 Å². The van der Waals surface area contributed by atoms with E-state index in [-0.39, 0.29) is 129 Å². The number of carbonyl (C=O) groups excluding carboxylic acids is 7. The Morgan fingerprint density at radius 2 is 0.708 bits per heavy atom. The summed E-state index contributed by atoms with van der Waals surface area (Å²) < 4.78 is 22.7. The van der Waals surface area contributed by atoms with Crippen molar-refractivity contribution in [1.82, 2.24) is 0 Å². The summed E-state index contributed by atoms with van der Waals surface area (Å²) >= 11 is 21.1. The Hall–Kier alpha value is -4.00. The minimum Gasteiger partial charge on any atom is -0.457 e. The lowest BCUT2D eigenvalue weighted by Gasteiger charge is -2.61. The van der Waals surface area contributed by atoms with Gasteiger partial charge in [-0.25, -0.2) is 0 Å². The molecule has 12 rings (SSSR count). The number of halogens is 3. The number of hydrogen-bond donors (Lipinski definition) is 5. The van der Waals surface area contributed by atoms with Gasteiger partial charge in [0, 0.05) is 104 Å². The summed E-state index contributed by atoms with van der Waals surface area (Å²) in [5.41, 5.74) is -3.97. The maximum Gasteiger partial charge on any atom is 0.306 e. The van der Waals surface area contributed by atoms with Crippen molar-refractivity contribution in [1.29, 1.82) is 0 Å². The molecular weight excluding hydrogens is 1410 g/mol. The number of rotatable bonds is 14. The van der Waals surface area contributed by atoms with Gasteiger partial charge in [0.25, 0.3) is 0 Å². The van der Waals surface area contributed by atoms with Crippen molar-refractivity contribution < 1.29 is 78.0 Å². The molecule has 0 amide bonds. The van der Waals surface area contributed by atoms with Gasteiger partial charge in [0.2, 0.25) is 11.6 Å². The summed E-state index contributed by atoms with van der Waals surface area (Å²) in [5, 5.41) is 55.3. The van der Waals surface area contributed by atoms with Gasteiger partial charge < -0.3 is 44.5 Å². The first-order valence-corrected chi connectivity index (χ1v) is 41.8. The summed E-state index contributed by atoms with van der Waals surface area (Å²) in [4.78, 5) is 89.5. The Kier molecular flexibility index (Phi) is 29.8. The third-order valence-corrected chi connectivity index (χ3v) is 29.4. The molecule has 0 aromatic heterocycles. The zero-order valence-corrected chi connectivity index (χ0v) is 69.8. The van der Waals surface area contributed by atoms with Gasteiger partial charge in [-0.15, -0.1) is 34.8 Å². The molecule has 16 nitrogen and oxygen atoms in total. The van der Waals surface area contributed by atoms with Gasteiger partial charge in [-0.3, -0.25) is 33.6 Å². The molecule has 0 aromatic carbocycles. The number of allylic oxidation sites excluding steroid dienone is 12. The lowest BCUT2D eigenvalue weighted by Crippen LogP contribution is -2.65. The lowest BCUT2D eigenvalue weighted by atomic mass is 9.46. The molecule has 9 saturated carbocycles. The van der Waals surface area contributed by atoms with Crippen LogP contribution in [0.25, 0.3) is 0 Å². The van der Waals surface area contributed by atoms with Crippen molar-refractivity contribution in [2.75, 3.05) is 19.8 Å². The fourth-order valence-corrected chi connectivity index (χ4v) is 25.3. The minimum absolute atomic E-state index is 0.0200. The first-order valence-electron chi connectivity index (χ1n) is 40.5. The van der Waals surface area contributed by atoms with Crippen molar-refractivity contribution in [3.05, 3.63) is 71.4 Å². The molecule has 0 heterocycles. The minimum atomic E-state index is -1.62. The van der Waals surface area contributed by atoms with Crippen LogP contribution in [0.3, 0.4) is 0 Å².